The molecule has 0 aliphatic heterocycles. The third-order valence-electron chi connectivity index (χ3n) is 2.15. The average Bonchev–Trinajstić information content (AvgIpc) is 2.19. The van der Waals surface area contributed by atoms with Gasteiger partial charge in [0.05, 0.1) is 0 Å². The van der Waals surface area contributed by atoms with Crippen LogP contribution >= 0.6 is 0 Å². The van der Waals surface area contributed by atoms with Crippen LogP contribution in [0.15, 0.2) is 24.3 Å². The molecule has 3 heteroatoms. The number of aliphatic carboxylic acids is 1. The Balaban J connectivity index is 2.89. The van der Waals surface area contributed by atoms with Crippen LogP contribution in [-0.2, 0) is 16.0 Å². The van der Waals surface area contributed by atoms with E-state index in [1.54, 1.807) is 12.1 Å². The van der Waals surface area contributed by atoms with Gasteiger partial charge in [-0.3, -0.25) is 0 Å². The highest BCUT2D eigenvalue weighted by Gasteiger charge is 2.18. The lowest BCUT2D eigenvalue weighted by molar-refractivity contribution is -0.148. The van der Waals surface area contributed by atoms with Crippen molar-refractivity contribution in [2.75, 3.05) is 7.11 Å². The molecule has 0 spiro atoms. The van der Waals surface area contributed by atoms with Crippen molar-refractivity contribution in [2.24, 2.45) is 0 Å². The summed E-state index contributed by atoms with van der Waals surface area (Å²) in [7, 11) is 1.40. The van der Waals surface area contributed by atoms with Gasteiger partial charge in [0.2, 0.25) is 0 Å². The number of benzene rings is 1. The zero-order chi connectivity index (χ0) is 10.6. The van der Waals surface area contributed by atoms with Crippen LogP contribution in [0.3, 0.4) is 0 Å². The molecule has 0 heterocycles. The Morgan fingerprint density at radius 3 is 2.36 bits per heavy atom. The van der Waals surface area contributed by atoms with Gasteiger partial charge in [-0.1, -0.05) is 31.2 Å². The molecule has 1 atom stereocenters. The van der Waals surface area contributed by atoms with Crippen LogP contribution in [-0.4, -0.2) is 18.2 Å². The van der Waals surface area contributed by atoms with Gasteiger partial charge < -0.3 is 9.84 Å². The number of ether oxygens (including phenoxy) is 1. The fourth-order valence-electron chi connectivity index (χ4n) is 1.31. The second-order valence-electron chi connectivity index (χ2n) is 3.05. The van der Waals surface area contributed by atoms with Gasteiger partial charge in [0.1, 0.15) is 0 Å². The van der Waals surface area contributed by atoms with Crippen molar-refractivity contribution in [3.8, 4) is 0 Å². The van der Waals surface area contributed by atoms with Gasteiger partial charge in [-0.2, -0.15) is 0 Å². The van der Waals surface area contributed by atoms with E-state index in [2.05, 4.69) is 6.92 Å². The number of carbonyl (C=O) groups is 1. The monoisotopic (exact) mass is 194 g/mol. The quantitative estimate of drug-likeness (QED) is 0.797. The summed E-state index contributed by atoms with van der Waals surface area (Å²) in [6.45, 7) is 2.06. The van der Waals surface area contributed by atoms with Crippen LogP contribution in [0.1, 0.15) is 24.2 Å². The molecular formula is C11H14O3. The molecule has 0 aliphatic rings. The Bertz CT molecular complexity index is 303. The molecular weight excluding hydrogens is 180 g/mol. The van der Waals surface area contributed by atoms with E-state index in [1.807, 2.05) is 12.1 Å². The summed E-state index contributed by atoms with van der Waals surface area (Å²) in [5.74, 6) is -0.961. The summed E-state index contributed by atoms with van der Waals surface area (Å²) >= 11 is 0. The number of hydrogen-bond donors (Lipinski definition) is 1. The summed E-state index contributed by atoms with van der Waals surface area (Å²) in [5, 5.41) is 8.83. The minimum absolute atomic E-state index is 0.678. The van der Waals surface area contributed by atoms with Crippen molar-refractivity contribution < 1.29 is 14.6 Å². The molecule has 0 saturated carbocycles. The first-order valence-corrected chi connectivity index (χ1v) is 4.53. The number of rotatable bonds is 4. The van der Waals surface area contributed by atoms with E-state index in [0.29, 0.717) is 5.56 Å². The highest BCUT2D eigenvalue weighted by molar-refractivity contribution is 5.74. The minimum atomic E-state index is -0.961. The van der Waals surface area contributed by atoms with Crippen LogP contribution in [0.4, 0.5) is 0 Å². The Morgan fingerprint density at radius 1 is 1.43 bits per heavy atom. The predicted molar refractivity (Wildman–Crippen MR) is 53.2 cm³/mol. The second kappa shape index (κ2) is 4.77. The third kappa shape index (κ3) is 2.33. The van der Waals surface area contributed by atoms with Gasteiger partial charge in [-0.05, 0) is 17.5 Å². The summed E-state index contributed by atoms with van der Waals surface area (Å²) in [5.41, 5.74) is 1.87. The van der Waals surface area contributed by atoms with E-state index < -0.39 is 12.1 Å². The molecule has 1 aromatic carbocycles. The fraction of sp³-hybridized carbons (Fsp3) is 0.364. The van der Waals surface area contributed by atoms with Gasteiger partial charge in [0.25, 0.3) is 0 Å². The molecule has 0 aromatic heterocycles. The Kier molecular flexibility index (Phi) is 3.65. The van der Waals surface area contributed by atoms with Gasteiger partial charge in [0.15, 0.2) is 6.10 Å². The van der Waals surface area contributed by atoms with Crippen LogP contribution in [0.5, 0.6) is 0 Å². The second-order valence-corrected chi connectivity index (χ2v) is 3.05. The maximum atomic E-state index is 10.8. The zero-order valence-corrected chi connectivity index (χ0v) is 8.36. The van der Waals surface area contributed by atoms with E-state index in [1.165, 1.54) is 12.7 Å². The summed E-state index contributed by atoms with van der Waals surface area (Å²) < 4.78 is 4.87. The lowest BCUT2D eigenvalue weighted by atomic mass is 10.1. The third-order valence-corrected chi connectivity index (χ3v) is 2.15. The molecule has 3 nitrogen and oxygen atoms in total. The number of methoxy groups -OCH3 is 1. The molecule has 0 saturated heterocycles. The molecule has 0 unspecified atom stereocenters. The SMILES string of the molecule is CCc1ccc([C@@H](OC)C(=O)O)cc1. The van der Waals surface area contributed by atoms with Crippen molar-refractivity contribution >= 4 is 5.97 Å². The molecule has 0 aliphatic carbocycles. The van der Waals surface area contributed by atoms with E-state index in [-0.39, 0.29) is 0 Å². The first kappa shape index (κ1) is 10.7. The number of carboxylic acids is 1. The van der Waals surface area contributed by atoms with E-state index in [0.717, 1.165) is 6.42 Å². The summed E-state index contributed by atoms with van der Waals surface area (Å²) in [6, 6.07) is 7.43. The van der Waals surface area contributed by atoms with Crippen LogP contribution in [0.25, 0.3) is 0 Å². The van der Waals surface area contributed by atoms with Crippen molar-refractivity contribution in [1.29, 1.82) is 0 Å². The van der Waals surface area contributed by atoms with Crippen molar-refractivity contribution in [3.63, 3.8) is 0 Å². The van der Waals surface area contributed by atoms with Gasteiger partial charge >= 0.3 is 5.97 Å². The largest absolute Gasteiger partial charge is 0.479 e. The highest BCUT2D eigenvalue weighted by atomic mass is 16.5. The first-order valence-electron chi connectivity index (χ1n) is 4.53. The first-order chi connectivity index (χ1) is 6.69. The van der Waals surface area contributed by atoms with E-state index >= 15 is 0 Å². The lowest BCUT2D eigenvalue weighted by Gasteiger charge is -2.10. The number of carboxylic acid groups (broad SMARTS) is 1. The van der Waals surface area contributed by atoms with Gasteiger partial charge in [-0.15, -0.1) is 0 Å². The Morgan fingerprint density at radius 2 is 2.00 bits per heavy atom. The molecule has 1 aromatic rings. The zero-order valence-electron chi connectivity index (χ0n) is 8.36. The molecule has 76 valence electrons. The molecule has 0 fully saturated rings. The maximum Gasteiger partial charge on any atom is 0.337 e. The minimum Gasteiger partial charge on any atom is -0.479 e. The predicted octanol–water partition coefficient (Wildman–Crippen LogP) is 2.02. The topological polar surface area (TPSA) is 46.5 Å². The smallest absolute Gasteiger partial charge is 0.337 e. The van der Waals surface area contributed by atoms with Gasteiger partial charge in [0, 0.05) is 7.11 Å². The van der Waals surface area contributed by atoms with Crippen LogP contribution in [0.2, 0.25) is 0 Å². The normalized spacial score (nSPS) is 12.4. The number of hydrogen-bond acceptors (Lipinski definition) is 2. The maximum absolute atomic E-state index is 10.8. The van der Waals surface area contributed by atoms with Gasteiger partial charge in [-0.25, -0.2) is 4.79 Å². The summed E-state index contributed by atoms with van der Waals surface area (Å²) in [6.07, 6.45) is 0.0891. The number of aryl methyl sites for hydroxylation is 1. The highest BCUT2D eigenvalue weighted by Crippen LogP contribution is 2.17. The van der Waals surface area contributed by atoms with Crippen LogP contribution < -0.4 is 0 Å². The van der Waals surface area contributed by atoms with Crippen molar-refractivity contribution in [3.05, 3.63) is 35.4 Å². The molecule has 0 amide bonds. The Labute approximate surface area is 83.3 Å². The summed E-state index contributed by atoms with van der Waals surface area (Å²) in [4.78, 5) is 10.8. The molecule has 1 N–H and O–H groups in total. The van der Waals surface area contributed by atoms with E-state index in [9.17, 15) is 4.79 Å². The fourth-order valence-corrected chi connectivity index (χ4v) is 1.31. The Hall–Kier alpha value is -1.35. The molecule has 14 heavy (non-hydrogen) atoms. The van der Waals surface area contributed by atoms with E-state index in [4.69, 9.17) is 9.84 Å². The average molecular weight is 194 g/mol. The standard InChI is InChI=1S/C11H14O3/c1-3-8-4-6-9(7-5-8)10(14-2)11(12)13/h4-7,10H,3H2,1-2H3,(H,12,13)/t10-/m1/s1. The van der Waals surface area contributed by atoms with Crippen molar-refractivity contribution in [1.82, 2.24) is 0 Å². The molecule has 1 rings (SSSR count). The molecule has 0 radical (unpaired) electrons. The molecule has 0 bridgehead atoms. The van der Waals surface area contributed by atoms with Crippen LogP contribution in [0, 0.1) is 0 Å². The lowest BCUT2D eigenvalue weighted by Crippen LogP contribution is -2.13. The van der Waals surface area contributed by atoms with Crippen molar-refractivity contribution in [2.45, 2.75) is 19.4 Å².